The Bertz CT molecular complexity index is 790. The fourth-order valence-electron chi connectivity index (χ4n) is 2.26. The molecule has 0 radical (unpaired) electrons. The van der Waals surface area contributed by atoms with Crippen molar-refractivity contribution >= 4 is 29.5 Å². The number of hydrogen-bond donors (Lipinski definition) is 2. The summed E-state index contributed by atoms with van der Waals surface area (Å²) in [5.74, 6) is 0.399. The third kappa shape index (κ3) is 7.36. The van der Waals surface area contributed by atoms with Crippen LogP contribution in [-0.4, -0.2) is 31.0 Å². The van der Waals surface area contributed by atoms with Crippen molar-refractivity contribution in [1.82, 2.24) is 10.7 Å². The molecule has 2 aromatic rings. The van der Waals surface area contributed by atoms with E-state index in [1.165, 1.54) is 7.11 Å². The van der Waals surface area contributed by atoms with Crippen LogP contribution in [0.3, 0.4) is 0 Å². The minimum Gasteiger partial charge on any atom is -0.489 e. The molecule has 2 N–H and O–H groups in total. The Morgan fingerprint density at radius 1 is 1.14 bits per heavy atom. The Morgan fingerprint density at radius 3 is 2.50 bits per heavy atom. The topological polar surface area (TPSA) is 72.0 Å². The fraction of sp³-hybridized carbons (Fsp3) is 0.286. The van der Waals surface area contributed by atoms with E-state index in [1.54, 1.807) is 18.3 Å². The minimum atomic E-state index is -0.350. The van der Waals surface area contributed by atoms with E-state index in [9.17, 15) is 4.79 Å². The van der Waals surface area contributed by atoms with E-state index in [2.05, 4.69) is 27.5 Å². The molecule has 0 aliphatic rings. The van der Waals surface area contributed by atoms with Crippen LogP contribution in [-0.2, 0) is 11.3 Å². The van der Waals surface area contributed by atoms with E-state index >= 15 is 0 Å². The van der Waals surface area contributed by atoms with Crippen LogP contribution in [0.4, 0.5) is 0 Å². The highest BCUT2D eigenvalue weighted by Gasteiger charge is 2.04. The van der Waals surface area contributed by atoms with Gasteiger partial charge in [0.15, 0.2) is 5.11 Å². The number of thiocarbonyl (C=S) groups is 1. The lowest BCUT2D eigenvalue weighted by Crippen LogP contribution is -2.32. The van der Waals surface area contributed by atoms with E-state index in [0.717, 1.165) is 36.3 Å². The highest BCUT2D eigenvalue weighted by Crippen LogP contribution is 2.14. The zero-order chi connectivity index (χ0) is 20.2. The predicted octanol–water partition coefficient (Wildman–Crippen LogP) is 3.65. The first-order chi connectivity index (χ1) is 13.6. The number of carbonyl (C=O) groups excluding carboxylic acids is 1. The van der Waals surface area contributed by atoms with Gasteiger partial charge in [0.1, 0.15) is 12.4 Å². The van der Waals surface area contributed by atoms with Crippen LogP contribution in [0.2, 0.25) is 0 Å². The molecular formula is C21H25N3O3S. The number of nitrogens with one attached hydrogen (secondary N) is 2. The van der Waals surface area contributed by atoms with Crippen LogP contribution >= 0.6 is 12.2 Å². The highest BCUT2D eigenvalue weighted by molar-refractivity contribution is 7.80. The molecule has 0 unspecified atom stereocenters. The normalized spacial score (nSPS) is 10.5. The molecule has 0 saturated carbocycles. The lowest BCUT2D eigenvalue weighted by molar-refractivity contribution is 0.0600. The lowest BCUT2D eigenvalue weighted by atomic mass is 10.1. The third-order valence-electron chi connectivity index (χ3n) is 3.86. The van der Waals surface area contributed by atoms with Crippen molar-refractivity contribution in [3.63, 3.8) is 0 Å². The second kappa shape index (κ2) is 11.7. The number of nitrogens with zero attached hydrogens (tertiary/aromatic N) is 1. The van der Waals surface area contributed by atoms with Crippen LogP contribution in [0.1, 0.15) is 41.3 Å². The van der Waals surface area contributed by atoms with Crippen LogP contribution in [0, 0.1) is 0 Å². The first-order valence-corrected chi connectivity index (χ1v) is 9.50. The molecule has 0 bridgehead atoms. The molecule has 148 valence electrons. The second-order valence-electron chi connectivity index (χ2n) is 6.03. The van der Waals surface area contributed by atoms with Gasteiger partial charge < -0.3 is 14.8 Å². The Kier molecular flexibility index (Phi) is 8.94. The first-order valence-electron chi connectivity index (χ1n) is 9.09. The van der Waals surface area contributed by atoms with Crippen molar-refractivity contribution in [2.45, 2.75) is 26.4 Å². The average molecular weight is 400 g/mol. The number of hydrazone groups is 1. The predicted molar refractivity (Wildman–Crippen MR) is 115 cm³/mol. The van der Waals surface area contributed by atoms with Crippen molar-refractivity contribution in [2.75, 3.05) is 13.7 Å². The molecule has 2 rings (SSSR count). The fourth-order valence-corrected chi connectivity index (χ4v) is 2.41. The lowest BCUT2D eigenvalue weighted by Gasteiger charge is -2.07. The standard InChI is InChI=1S/C21H25N3O3S/c1-3-4-13-22-21(28)24-23-14-16-7-11-19(12-8-16)27-15-17-5-9-18(10-6-17)20(25)26-2/h5-12,14H,3-4,13,15H2,1-2H3,(H2,22,24,28). The summed E-state index contributed by atoms with van der Waals surface area (Å²) in [6.07, 6.45) is 3.89. The summed E-state index contributed by atoms with van der Waals surface area (Å²) in [6, 6.07) is 14.7. The molecule has 7 heteroatoms. The SMILES string of the molecule is CCCCNC(=S)NN=Cc1ccc(OCc2ccc(C(=O)OC)cc2)cc1. The molecule has 0 atom stereocenters. The summed E-state index contributed by atoms with van der Waals surface area (Å²) in [6.45, 7) is 3.38. The zero-order valence-electron chi connectivity index (χ0n) is 16.1. The number of carbonyl (C=O) groups is 1. The minimum absolute atomic E-state index is 0.350. The molecule has 0 spiro atoms. The number of benzene rings is 2. The zero-order valence-corrected chi connectivity index (χ0v) is 16.9. The molecule has 0 fully saturated rings. The summed E-state index contributed by atoms with van der Waals surface area (Å²) in [5.41, 5.74) is 5.20. The van der Waals surface area contributed by atoms with Gasteiger partial charge in [-0.2, -0.15) is 5.10 Å². The van der Waals surface area contributed by atoms with Gasteiger partial charge in [0.2, 0.25) is 0 Å². The van der Waals surface area contributed by atoms with E-state index in [4.69, 9.17) is 17.0 Å². The van der Waals surface area contributed by atoms with Crippen molar-refractivity contribution in [1.29, 1.82) is 0 Å². The van der Waals surface area contributed by atoms with Gasteiger partial charge in [0.05, 0.1) is 18.9 Å². The average Bonchev–Trinajstić information content (AvgIpc) is 2.73. The van der Waals surface area contributed by atoms with Gasteiger partial charge in [-0.1, -0.05) is 25.5 Å². The summed E-state index contributed by atoms with van der Waals surface area (Å²) in [7, 11) is 1.36. The molecular weight excluding hydrogens is 374 g/mol. The second-order valence-corrected chi connectivity index (χ2v) is 6.43. The number of methoxy groups -OCH3 is 1. The number of ether oxygens (including phenoxy) is 2. The highest BCUT2D eigenvalue weighted by atomic mass is 32.1. The van der Waals surface area contributed by atoms with Crippen LogP contribution in [0.15, 0.2) is 53.6 Å². The maximum absolute atomic E-state index is 11.4. The molecule has 0 amide bonds. The van der Waals surface area contributed by atoms with Crippen LogP contribution in [0.5, 0.6) is 5.75 Å². The van der Waals surface area contributed by atoms with E-state index in [1.807, 2.05) is 36.4 Å². The molecule has 28 heavy (non-hydrogen) atoms. The largest absolute Gasteiger partial charge is 0.489 e. The number of unbranched alkanes of at least 4 members (excludes halogenated alkanes) is 1. The molecule has 6 nitrogen and oxygen atoms in total. The molecule has 0 aromatic heterocycles. The van der Waals surface area contributed by atoms with Crippen molar-refractivity contribution in [3.8, 4) is 5.75 Å². The van der Waals surface area contributed by atoms with Crippen molar-refractivity contribution in [3.05, 3.63) is 65.2 Å². The summed E-state index contributed by atoms with van der Waals surface area (Å²) >= 11 is 5.13. The van der Waals surface area contributed by atoms with Gasteiger partial charge in [-0.05, 0) is 66.2 Å². The van der Waals surface area contributed by atoms with Gasteiger partial charge in [-0.3, -0.25) is 5.43 Å². The Balaban J connectivity index is 1.78. The maximum atomic E-state index is 11.4. The van der Waals surface area contributed by atoms with Gasteiger partial charge in [-0.25, -0.2) is 4.79 Å². The van der Waals surface area contributed by atoms with Gasteiger partial charge >= 0.3 is 5.97 Å². The van der Waals surface area contributed by atoms with Gasteiger partial charge in [0, 0.05) is 6.54 Å². The van der Waals surface area contributed by atoms with E-state index < -0.39 is 0 Å². The smallest absolute Gasteiger partial charge is 0.337 e. The number of rotatable bonds is 9. The van der Waals surface area contributed by atoms with Crippen molar-refractivity contribution in [2.24, 2.45) is 5.10 Å². The Labute approximate surface area is 170 Å². The number of hydrogen-bond acceptors (Lipinski definition) is 5. The van der Waals surface area contributed by atoms with Gasteiger partial charge in [-0.15, -0.1) is 0 Å². The maximum Gasteiger partial charge on any atom is 0.337 e. The summed E-state index contributed by atoms with van der Waals surface area (Å²) in [5, 5.41) is 7.72. The molecule has 0 aliphatic carbocycles. The molecule has 0 heterocycles. The van der Waals surface area contributed by atoms with Gasteiger partial charge in [0.25, 0.3) is 0 Å². The monoisotopic (exact) mass is 399 g/mol. The Morgan fingerprint density at radius 2 is 1.86 bits per heavy atom. The molecule has 2 aromatic carbocycles. The molecule has 0 saturated heterocycles. The van der Waals surface area contributed by atoms with Crippen molar-refractivity contribution < 1.29 is 14.3 Å². The molecule has 0 aliphatic heterocycles. The first kappa shape index (κ1) is 21.4. The van der Waals surface area contributed by atoms with E-state index in [0.29, 0.717) is 17.3 Å². The van der Waals surface area contributed by atoms with Crippen LogP contribution < -0.4 is 15.5 Å². The van der Waals surface area contributed by atoms with E-state index in [-0.39, 0.29) is 5.97 Å². The summed E-state index contributed by atoms with van der Waals surface area (Å²) < 4.78 is 10.4. The number of esters is 1. The third-order valence-corrected chi connectivity index (χ3v) is 4.09. The Hall–Kier alpha value is -2.93. The quantitative estimate of drug-likeness (QED) is 0.220. The van der Waals surface area contributed by atoms with Crippen LogP contribution in [0.25, 0.3) is 0 Å². The summed E-state index contributed by atoms with van der Waals surface area (Å²) in [4.78, 5) is 11.4.